The molecule has 2 aromatic carbocycles. The van der Waals surface area contributed by atoms with Crippen molar-refractivity contribution in [3.8, 4) is 0 Å². The number of benzene rings is 2. The number of rotatable bonds is 10. The van der Waals surface area contributed by atoms with E-state index in [0.717, 1.165) is 52.5 Å². The van der Waals surface area contributed by atoms with E-state index < -0.39 is 29.9 Å². The number of carbonyl (C=O) groups excluding carboxylic acids is 1. The van der Waals surface area contributed by atoms with Crippen LogP contribution in [0.4, 0.5) is 11.4 Å². The number of thiazole rings is 1. The van der Waals surface area contributed by atoms with Crippen molar-refractivity contribution < 1.29 is 24.6 Å². The molecule has 234 valence electrons. The summed E-state index contributed by atoms with van der Waals surface area (Å²) in [6.45, 7) is -0.329. The van der Waals surface area contributed by atoms with Gasteiger partial charge in [0.15, 0.2) is 0 Å². The number of carboxylic acid groups (broad SMARTS) is 2. The fraction of sp³-hybridized carbons (Fsp3) is 0.344. The molecule has 1 amide bonds. The van der Waals surface area contributed by atoms with Crippen LogP contribution in [0.1, 0.15) is 55.6 Å². The van der Waals surface area contributed by atoms with E-state index in [0.29, 0.717) is 33.7 Å². The van der Waals surface area contributed by atoms with Crippen molar-refractivity contribution in [2.24, 2.45) is 0 Å². The van der Waals surface area contributed by atoms with Crippen LogP contribution in [-0.2, 0) is 20.9 Å². The maximum Gasteiger partial charge on any atom is 0.323 e. The number of thiocarbonyl (C=S) groups is 1. The van der Waals surface area contributed by atoms with E-state index in [9.17, 15) is 24.3 Å². The highest BCUT2D eigenvalue weighted by Crippen LogP contribution is 2.52. The molecule has 2 fully saturated rings. The number of thioether (sulfide) groups is 2. The summed E-state index contributed by atoms with van der Waals surface area (Å²) in [6, 6.07) is 15.3. The van der Waals surface area contributed by atoms with E-state index in [-0.39, 0.29) is 22.5 Å². The predicted octanol–water partition coefficient (Wildman–Crippen LogP) is 4.56. The summed E-state index contributed by atoms with van der Waals surface area (Å²) in [5.74, 6) is -2.11. The molecule has 13 heteroatoms. The zero-order valence-electron chi connectivity index (χ0n) is 24.4. The van der Waals surface area contributed by atoms with Gasteiger partial charge in [-0.3, -0.25) is 28.6 Å². The fourth-order valence-electron chi connectivity index (χ4n) is 6.43. The largest absolute Gasteiger partial charge is 0.481 e. The molecule has 9 nitrogen and oxygen atoms in total. The molecule has 1 saturated carbocycles. The van der Waals surface area contributed by atoms with E-state index in [1.807, 2.05) is 6.07 Å². The van der Waals surface area contributed by atoms with Crippen molar-refractivity contribution in [1.29, 1.82) is 0 Å². The first-order valence-electron chi connectivity index (χ1n) is 14.7. The lowest BCUT2D eigenvalue weighted by Crippen LogP contribution is -2.35. The molecule has 0 bridgehead atoms. The van der Waals surface area contributed by atoms with Gasteiger partial charge in [0.1, 0.15) is 20.4 Å². The molecular formula is C32H31N3O6S4. The van der Waals surface area contributed by atoms with Crippen LogP contribution in [0.3, 0.4) is 0 Å². The van der Waals surface area contributed by atoms with E-state index in [2.05, 4.69) is 47.6 Å². The van der Waals surface area contributed by atoms with Gasteiger partial charge in [0.2, 0.25) is 0 Å². The van der Waals surface area contributed by atoms with Crippen LogP contribution >= 0.6 is 47.1 Å². The van der Waals surface area contributed by atoms with Gasteiger partial charge in [-0.1, -0.05) is 36.5 Å². The van der Waals surface area contributed by atoms with Gasteiger partial charge >= 0.3 is 11.9 Å². The quantitative estimate of drug-likeness (QED) is 0.179. The third-order valence-electron chi connectivity index (χ3n) is 8.44. The molecule has 2 N–H and O–H groups in total. The fourth-order valence-corrected chi connectivity index (χ4v) is 9.40. The maximum absolute atomic E-state index is 13.6. The SMILES string of the molecule is CSc1ccc(N2c3ccc(/C=c4\s/c(=C5/SC(=S)N(CCCCC(=O)O)C5=O)n(CC(=O)O)c4=O)cc3C3CCCC32)cc1. The summed E-state index contributed by atoms with van der Waals surface area (Å²) in [6.07, 6.45) is 8.05. The highest BCUT2D eigenvalue weighted by atomic mass is 32.2. The number of hydrogen-bond acceptors (Lipinski definition) is 9. The number of aliphatic carboxylic acids is 2. The minimum Gasteiger partial charge on any atom is -0.481 e. The van der Waals surface area contributed by atoms with Gasteiger partial charge in [-0.25, -0.2) is 0 Å². The zero-order valence-corrected chi connectivity index (χ0v) is 27.7. The molecule has 0 radical (unpaired) electrons. The molecule has 0 spiro atoms. The topological polar surface area (TPSA) is 120 Å². The van der Waals surface area contributed by atoms with E-state index in [1.54, 1.807) is 17.8 Å². The highest BCUT2D eigenvalue weighted by molar-refractivity contribution is 8.30. The zero-order chi connectivity index (χ0) is 31.8. The summed E-state index contributed by atoms with van der Waals surface area (Å²) in [7, 11) is 0. The van der Waals surface area contributed by atoms with Crippen molar-refractivity contribution in [1.82, 2.24) is 9.47 Å². The van der Waals surface area contributed by atoms with E-state index >= 15 is 0 Å². The number of nitrogens with zero attached hydrogens (tertiary/aromatic N) is 3. The molecule has 2 aliphatic heterocycles. The summed E-state index contributed by atoms with van der Waals surface area (Å²) < 4.78 is 2.03. The molecular weight excluding hydrogens is 651 g/mol. The molecule has 3 aliphatic rings. The van der Waals surface area contributed by atoms with Gasteiger partial charge in [0, 0.05) is 41.2 Å². The smallest absolute Gasteiger partial charge is 0.323 e. The lowest BCUT2D eigenvalue weighted by atomic mass is 9.96. The molecule has 3 heterocycles. The number of anilines is 2. The molecule has 45 heavy (non-hydrogen) atoms. The van der Waals surface area contributed by atoms with Crippen LogP contribution in [0.25, 0.3) is 11.0 Å². The van der Waals surface area contributed by atoms with Crippen molar-refractivity contribution in [3.05, 3.63) is 73.1 Å². The third kappa shape index (κ3) is 6.23. The van der Waals surface area contributed by atoms with Crippen LogP contribution < -0.4 is 19.7 Å². The average Bonchev–Trinajstić information content (AvgIpc) is 3.75. The Balaban J connectivity index is 1.37. The Bertz CT molecular complexity index is 1880. The number of carboxylic acids is 2. The van der Waals surface area contributed by atoms with Crippen LogP contribution in [0.2, 0.25) is 0 Å². The average molecular weight is 682 g/mol. The first-order valence-corrected chi connectivity index (χ1v) is 17.9. The molecule has 3 aromatic rings. The maximum atomic E-state index is 13.6. The third-order valence-corrected chi connectivity index (χ3v) is 11.9. The van der Waals surface area contributed by atoms with Crippen molar-refractivity contribution in [2.45, 2.75) is 61.9 Å². The van der Waals surface area contributed by atoms with Crippen molar-refractivity contribution in [2.75, 3.05) is 17.7 Å². The van der Waals surface area contributed by atoms with E-state index in [1.165, 1.54) is 26.7 Å². The van der Waals surface area contributed by atoms with E-state index in [4.69, 9.17) is 17.3 Å². The van der Waals surface area contributed by atoms with Crippen LogP contribution in [-0.4, -0.2) is 60.7 Å². The molecule has 2 atom stereocenters. The van der Waals surface area contributed by atoms with Gasteiger partial charge < -0.3 is 15.1 Å². The number of hydrogen-bond donors (Lipinski definition) is 2. The Morgan fingerprint density at radius 3 is 2.56 bits per heavy atom. The first-order chi connectivity index (χ1) is 21.7. The second-order valence-electron chi connectivity index (χ2n) is 11.2. The number of amides is 1. The first kappa shape index (κ1) is 31.6. The Morgan fingerprint density at radius 1 is 1.07 bits per heavy atom. The van der Waals surface area contributed by atoms with Crippen molar-refractivity contribution in [3.63, 3.8) is 0 Å². The standard InChI is InChI=1S/C32H31N3O6S4/c1-43-20-11-9-19(10-12-20)35-23-6-4-5-21(23)22-15-18(8-13-24(22)35)16-25-29(40)34(17-27(38)39)31(44-25)28-30(41)33(32(42)45-28)14-3-2-7-26(36)37/h8-13,15-16,21,23H,2-7,14,17H2,1H3,(H,36,37)(H,38,39)/b25-16-,31-28+. The van der Waals surface area contributed by atoms with Crippen LogP contribution in [0, 0.1) is 0 Å². The summed E-state index contributed by atoms with van der Waals surface area (Å²) in [5.41, 5.74) is 3.97. The summed E-state index contributed by atoms with van der Waals surface area (Å²) in [5, 5.41) is 18.5. The Hall–Kier alpha value is -3.39. The molecule has 1 aliphatic carbocycles. The highest BCUT2D eigenvalue weighted by Gasteiger charge is 2.42. The van der Waals surface area contributed by atoms with Crippen molar-refractivity contribution >= 4 is 91.6 Å². The van der Waals surface area contributed by atoms with Crippen LogP contribution in [0.5, 0.6) is 0 Å². The number of unbranched alkanes of at least 4 members (excludes halogenated alkanes) is 1. The summed E-state index contributed by atoms with van der Waals surface area (Å²) in [4.78, 5) is 54.8. The number of aromatic nitrogens is 1. The Morgan fingerprint density at radius 2 is 1.84 bits per heavy atom. The number of fused-ring (bicyclic) bond motifs is 3. The second kappa shape index (κ2) is 13.1. The van der Waals surface area contributed by atoms with Crippen LogP contribution in [0.15, 0.2) is 52.2 Å². The molecule has 1 aromatic heterocycles. The van der Waals surface area contributed by atoms with Gasteiger partial charge in [0.05, 0.1) is 4.53 Å². The Kier molecular flexibility index (Phi) is 9.23. The predicted molar refractivity (Wildman–Crippen MR) is 183 cm³/mol. The minimum atomic E-state index is -1.19. The minimum absolute atomic E-state index is 0.00575. The summed E-state index contributed by atoms with van der Waals surface area (Å²) >= 11 is 9.28. The Labute approximate surface area is 277 Å². The van der Waals surface area contributed by atoms with Gasteiger partial charge in [0.25, 0.3) is 11.5 Å². The second-order valence-corrected chi connectivity index (χ2v) is 14.8. The van der Waals surface area contributed by atoms with Gasteiger partial charge in [-0.05, 0) is 85.5 Å². The number of carbonyl (C=O) groups is 3. The molecule has 1 saturated heterocycles. The molecule has 2 unspecified atom stereocenters. The van der Waals surface area contributed by atoms with Gasteiger partial charge in [-0.15, -0.1) is 23.1 Å². The van der Waals surface area contributed by atoms with Gasteiger partial charge in [-0.2, -0.15) is 0 Å². The lowest BCUT2D eigenvalue weighted by molar-refractivity contribution is -0.138. The lowest BCUT2D eigenvalue weighted by Gasteiger charge is -2.27. The monoisotopic (exact) mass is 681 g/mol. The molecule has 6 rings (SSSR count). The normalized spacial score (nSPS) is 20.7.